The summed E-state index contributed by atoms with van der Waals surface area (Å²) in [5.41, 5.74) is 8.49. The van der Waals surface area contributed by atoms with Gasteiger partial charge in [-0.05, 0) is 31.4 Å². The second-order valence-corrected chi connectivity index (χ2v) is 9.97. The van der Waals surface area contributed by atoms with Gasteiger partial charge < -0.3 is 25.0 Å². The van der Waals surface area contributed by atoms with Crippen LogP contribution >= 0.6 is 11.6 Å². The topological polar surface area (TPSA) is 132 Å². The molecule has 0 radical (unpaired) electrons. The number of ether oxygens (including phenoxy) is 1. The van der Waals surface area contributed by atoms with E-state index in [0.29, 0.717) is 48.6 Å². The zero-order valence-electron chi connectivity index (χ0n) is 22.7. The Labute approximate surface area is 234 Å². The Hall–Kier alpha value is -3.68. The van der Waals surface area contributed by atoms with Crippen LogP contribution in [0.2, 0.25) is 5.02 Å². The van der Waals surface area contributed by atoms with Crippen molar-refractivity contribution in [2.24, 2.45) is 16.6 Å². The van der Waals surface area contributed by atoms with Gasteiger partial charge in [-0.2, -0.15) is 9.98 Å². The molecule has 0 spiro atoms. The predicted octanol–water partition coefficient (Wildman–Crippen LogP) is 5.39. The highest BCUT2D eigenvalue weighted by atomic mass is 35.5. The summed E-state index contributed by atoms with van der Waals surface area (Å²) in [5.74, 6) is 1.18. The third kappa shape index (κ3) is 7.25. The van der Waals surface area contributed by atoms with Gasteiger partial charge in [0.2, 0.25) is 5.95 Å². The number of hydrogen-bond donors (Lipinski definition) is 2. The van der Waals surface area contributed by atoms with Crippen LogP contribution in [-0.4, -0.2) is 62.9 Å². The average Bonchev–Trinajstić information content (AvgIpc) is 3.33. The zero-order valence-corrected chi connectivity index (χ0v) is 23.4. The molecule has 2 aromatic heterocycles. The maximum atomic E-state index is 11.2. The molecule has 3 heterocycles. The van der Waals surface area contributed by atoms with Crippen molar-refractivity contribution in [3.05, 3.63) is 35.1 Å². The fraction of sp³-hybridized carbons (Fsp3) is 0.464. The number of halogens is 1. The number of anilines is 1. The molecule has 208 valence electrons. The first-order chi connectivity index (χ1) is 18.8. The van der Waals surface area contributed by atoms with Crippen LogP contribution in [0.1, 0.15) is 58.3 Å². The van der Waals surface area contributed by atoms with Crippen molar-refractivity contribution >= 4 is 40.6 Å². The van der Waals surface area contributed by atoms with Gasteiger partial charge in [-0.3, -0.25) is 0 Å². The number of nitrogens with two attached hydrogens (primary N) is 1. The molecular formula is C28H36ClN7O3. The summed E-state index contributed by atoms with van der Waals surface area (Å²) >= 11 is 6.34. The highest BCUT2D eigenvalue weighted by Crippen LogP contribution is 2.35. The van der Waals surface area contributed by atoms with Gasteiger partial charge in [0.05, 0.1) is 13.2 Å². The van der Waals surface area contributed by atoms with Crippen molar-refractivity contribution in [2.75, 3.05) is 31.2 Å². The van der Waals surface area contributed by atoms with Crippen molar-refractivity contribution in [3.8, 4) is 24.1 Å². The molecular weight excluding hydrogens is 518 g/mol. The van der Waals surface area contributed by atoms with E-state index in [1.165, 1.54) is 0 Å². The highest BCUT2D eigenvalue weighted by Gasteiger charge is 2.27. The SMILES string of the molecule is C#C.CC[C@H](C)CCCC(C)n1c(N2CCOCC2)nc2nc(/C(N)=N/C(=O)O)nc(-c3cccc(Cl)c3)c21. The first kappa shape index (κ1) is 29.9. The van der Waals surface area contributed by atoms with Crippen molar-refractivity contribution in [1.82, 2.24) is 19.5 Å². The highest BCUT2D eigenvalue weighted by molar-refractivity contribution is 6.30. The quantitative estimate of drug-likeness (QED) is 0.205. The molecule has 3 aromatic rings. The molecule has 11 heteroatoms. The van der Waals surface area contributed by atoms with Crippen LogP contribution in [0.3, 0.4) is 0 Å². The van der Waals surface area contributed by atoms with Gasteiger partial charge >= 0.3 is 6.09 Å². The third-order valence-corrected chi connectivity index (χ3v) is 7.06. The number of hydrogen-bond acceptors (Lipinski definition) is 6. The van der Waals surface area contributed by atoms with E-state index in [1.54, 1.807) is 6.07 Å². The number of aliphatic imine (C=N–C) groups is 1. The van der Waals surface area contributed by atoms with Crippen molar-refractivity contribution in [1.29, 1.82) is 0 Å². The lowest BCUT2D eigenvalue weighted by atomic mass is 9.99. The number of fused-ring (bicyclic) bond motifs is 1. The number of terminal acetylenes is 1. The molecule has 39 heavy (non-hydrogen) atoms. The van der Waals surface area contributed by atoms with E-state index in [2.05, 4.69) is 53.1 Å². The maximum absolute atomic E-state index is 11.2. The minimum Gasteiger partial charge on any atom is -0.463 e. The largest absolute Gasteiger partial charge is 0.463 e. The Kier molecular flexibility index (Phi) is 10.7. The summed E-state index contributed by atoms with van der Waals surface area (Å²) in [6.07, 6.45) is 11.0. The van der Waals surface area contributed by atoms with E-state index in [-0.39, 0.29) is 17.7 Å². The summed E-state index contributed by atoms with van der Waals surface area (Å²) in [6, 6.07) is 7.47. The van der Waals surface area contributed by atoms with Crippen molar-refractivity contribution < 1.29 is 14.6 Å². The van der Waals surface area contributed by atoms with Gasteiger partial charge in [0.15, 0.2) is 17.3 Å². The lowest BCUT2D eigenvalue weighted by Gasteiger charge is -2.30. The molecule has 10 nitrogen and oxygen atoms in total. The van der Waals surface area contributed by atoms with Gasteiger partial charge in [-0.15, -0.1) is 12.8 Å². The summed E-state index contributed by atoms with van der Waals surface area (Å²) in [5, 5.41) is 9.69. The van der Waals surface area contributed by atoms with Gasteiger partial charge in [0.1, 0.15) is 11.2 Å². The van der Waals surface area contributed by atoms with E-state index >= 15 is 0 Å². The molecule has 0 aliphatic carbocycles. The number of imidazole rings is 1. The molecule has 3 N–H and O–H groups in total. The van der Waals surface area contributed by atoms with E-state index < -0.39 is 6.09 Å². The molecule has 1 aliphatic heterocycles. The summed E-state index contributed by atoms with van der Waals surface area (Å²) in [7, 11) is 0. The number of rotatable bonds is 9. The summed E-state index contributed by atoms with van der Waals surface area (Å²) in [6.45, 7) is 9.34. The third-order valence-electron chi connectivity index (χ3n) is 6.82. The van der Waals surface area contributed by atoms with Crippen LogP contribution in [0, 0.1) is 18.8 Å². The second-order valence-electron chi connectivity index (χ2n) is 9.53. The van der Waals surface area contributed by atoms with Crippen molar-refractivity contribution in [3.63, 3.8) is 0 Å². The van der Waals surface area contributed by atoms with Gasteiger partial charge in [0, 0.05) is 29.7 Å². The van der Waals surface area contributed by atoms with E-state index in [1.807, 2.05) is 18.2 Å². The minimum absolute atomic E-state index is 0.00692. The molecule has 1 unspecified atom stereocenters. The van der Waals surface area contributed by atoms with Crippen LogP contribution in [0.25, 0.3) is 22.4 Å². The number of benzene rings is 1. The predicted molar refractivity (Wildman–Crippen MR) is 155 cm³/mol. The number of carboxylic acid groups (broad SMARTS) is 1. The van der Waals surface area contributed by atoms with E-state index in [9.17, 15) is 4.79 Å². The van der Waals surface area contributed by atoms with Crippen LogP contribution < -0.4 is 10.6 Å². The van der Waals surface area contributed by atoms with Gasteiger partial charge in [0.25, 0.3) is 0 Å². The van der Waals surface area contributed by atoms with E-state index in [4.69, 9.17) is 37.1 Å². The zero-order chi connectivity index (χ0) is 28.5. The van der Waals surface area contributed by atoms with Crippen LogP contribution in [0.5, 0.6) is 0 Å². The first-order valence-electron chi connectivity index (χ1n) is 13.1. The van der Waals surface area contributed by atoms with Crippen LogP contribution in [0.15, 0.2) is 29.3 Å². The normalized spacial score (nSPS) is 15.4. The Morgan fingerprint density at radius 1 is 1.21 bits per heavy atom. The lowest BCUT2D eigenvalue weighted by molar-refractivity contribution is 0.121. The number of amidine groups is 1. The molecule has 1 aromatic carbocycles. The fourth-order valence-electron chi connectivity index (χ4n) is 4.59. The van der Waals surface area contributed by atoms with E-state index in [0.717, 1.165) is 42.7 Å². The summed E-state index contributed by atoms with van der Waals surface area (Å²) < 4.78 is 7.79. The first-order valence-corrected chi connectivity index (χ1v) is 13.5. The van der Waals surface area contributed by atoms with Gasteiger partial charge in [-0.25, -0.2) is 14.8 Å². The molecule has 1 fully saturated rings. The lowest BCUT2D eigenvalue weighted by Crippen LogP contribution is -2.38. The number of carbonyl (C=O) groups is 1. The number of morpholine rings is 1. The number of amides is 1. The Bertz CT molecular complexity index is 1330. The molecule has 1 saturated heterocycles. The Balaban J connectivity index is 0.00000205. The standard InChI is InChI=1S/C26H34ClN7O3.C2H2/c1-4-16(2)7-5-8-17(3)34-21-20(18-9-6-10-19(27)15-18)29-24(22(28)30-26(35)36)31-23(21)32-25(34)33-11-13-37-14-12-33;1-2/h6,9-10,15-17H,4-5,7-8,11-14H2,1-3H3,(H2,28,30)(H,35,36);1-2H/t16-,17?;/m0./s1. The monoisotopic (exact) mass is 553 g/mol. The summed E-state index contributed by atoms with van der Waals surface area (Å²) in [4.78, 5) is 31.0. The molecule has 2 atom stereocenters. The maximum Gasteiger partial charge on any atom is 0.433 e. The van der Waals surface area contributed by atoms with Gasteiger partial charge in [-0.1, -0.05) is 56.8 Å². The molecule has 4 rings (SSSR count). The molecule has 0 bridgehead atoms. The average molecular weight is 554 g/mol. The van der Waals surface area contributed by atoms with Crippen LogP contribution in [0.4, 0.5) is 10.7 Å². The van der Waals surface area contributed by atoms with Crippen molar-refractivity contribution in [2.45, 2.75) is 52.5 Å². The van der Waals surface area contributed by atoms with Crippen LogP contribution in [-0.2, 0) is 4.74 Å². The molecule has 1 aliphatic rings. The second kappa shape index (κ2) is 13.9. The smallest absolute Gasteiger partial charge is 0.433 e. The number of nitrogens with zero attached hydrogens (tertiary/aromatic N) is 6. The Morgan fingerprint density at radius 3 is 2.56 bits per heavy atom. The fourth-order valence-corrected chi connectivity index (χ4v) is 4.79. The Morgan fingerprint density at radius 2 is 1.92 bits per heavy atom. The molecule has 0 saturated carbocycles. The minimum atomic E-state index is -1.42. The molecule has 1 amide bonds. The number of aromatic nitrogens is 4.